The molecule has 6 rings (SSSR count). The van der Waals surface area contributed by atoms with E-state index < -0.39 is 24.1 Å². The van der Waals surface area contributed by atoms with Gasteiger partial charge in [0, 0.05) is 35.8 Å². The number of hydrogen-bond donors (Lipinski definition) is 1. The van der Waals surface area contributed by atoms with E-state index in [1.165, 1.54) is 4.90 Å². The van der Waals surface area contributed by atoms with Crippen molar-refractivity contribution in [3.63, 3.8) is 0 Å². The second kappa shape index (κ2) is 8.23. The van der Waals surface area contributed by atoms with Crippen LogP contribution in [0.2, 0.25) is 0 Å². The van der Waals surface area contributed by atoms with Crippen molar-refractivity contribution in [2.45, 2.75) is 43.9 Å². The van der Waals surface area contributed by atoms with Crippen molar-refractivity contribution in [2.24, 2.45) is 4.99 Å². The minimum atomic E-state index is -4.59. The number of nitrogens with one attached hydrogen (secondary N) is 1. The maximum absolute atomic E-state index is 14.1. The molecule has 3 aromatic rings. The quantitative estimate of drug-likeness (QED) is 0.623. The van der Waals surface area contributed by atoms with E-state index in [9.17, 15) is 13.2 Å². The second-order valence-corrected chi connectivity index (χ2v) is 8.84. The third-order valence-corrected chi connectivity index (χ3v) is 6.75. The number of aliphatic imine (C=N–C) groups is 1. The molecule has 1 aliphatic carbocycles. The Morgan fingerprint density at radius 2 is 1.76 bits per heavy atom. The van der Waals surface area contributed by atoms with Gasteiger partial charge in [-0.15, -0.1) is 0 Å². The topological polar surface area (TPSA) is 82.5 Å². The van der Waals surface area contributed by atoms with Crippen LogP contribution < -0.4 is 9.80 Å². The fraction of sp³-hybridized carbons (Fsp3) is 0.478. The second-order valence-electron chi connectivity index (χ2n) is 8.84. The summed E-state index contributed by atoms with van der Waals surface area (Å²) in [5.74, 6) is -0.201. The number of anilines is 2. The van der Waals surface area contributed by atoms with Crippen LogP contribution >= 0.6 is 0 Å². The molecule has 2 fully saturated rings. The number of ether oxygens (including phenoxy) is 1. The molecule has 0 amide bonds. The molecule has 2 aromatic heterocycles. The van der Waals surface area contributed by atoms with E-state index in [0.717, 1.165) is 29.3 Å². The van der Waals surface area contributed by atoms with Crippen LogP contribution in [-0.2, 0) is 4.74 Å². The summed E-state index contributed by atoms with van der Waals surface area (Å²) in [6.45, 7) is 2.13. The summed E-state index contributed by atoms with van der Waals surface area (Å²) in [6, 6.07) is 6.81. The fourth-order valence-electron chi connectivity index (χ4n) is 5.14. The lowest BCUT2D eigenvalue weighted by atomic mass is 9.91. The molecule has 2 atom stereocenters. The lowest BCUT2D eigenvalue weighted by molar-refractivity contribution is -0.0599. The zero-order valence-corrected chi connectivity index (χ0v) is 18.4. The van der Waals surface area contributed by atoms with E-state index in [4.69, 9.17) is 9.72 Å². The maximum Gasteiger partial charge on any atom is 0.449 e. The molecule has 3 aliphatic rings. The van der Waals surface area contributed by atoms with Crippen LogP contribution in [0, 0.1) is 0 Å². The smallest absolute Gasteiger partial charge is 0.378 e. The van der Waals surface area contributed by atoms with Crippen molar-refractivity contribution in [2.75, 3.05) is 36.1 Å². The first-order valence-electron chi connectivity index (χ1n) is 11.6. The molecule has 4 heterocycles. The van der Waals surface area contributed by atoms with Crippen molar-refractivity contribution in [3.05, 3.63) is 30.5 Å². The van der Waals surface area contributed by atoms with E-state index in [1.807, 2.05) is 35.4 Å². The largest absolute Gasteiger partial charge is 0.449 e. The minimum absolute atomic E-state index is 0.00417. The summed E-state index contributed by atoms with van der Waals surface area (Å²) >= 11 is 0. The first-order chi connectivity index (χ1) is 16.5. The van der Waals surface area contributed by atoms with Gasteiger partial charge < -0.3 is 14.6 Å². The van der Waals surface area contributed by atoms with Crippen molar-refractivity contribution in [1.29, 1.82) is 0 Å². The molecule has 2 unspecified atom stereocenters. The Kier molecular flexibility index (Phi) is 5.16. The molecular formula is C23H24F3N7O. The summed E-state index contributed by atoms with van der Waals surface area (Å²) in [6.07, 6.45) is 0.215. The number of morpholine rings is 1. The molecule has 0 radical (unpaired) electrons. The van der Waals surface area contributed by atoms with Gasteiger partial charge in [-0.25, -0.2) is 0 Å². The number of H-pyrrole nitrogens is 1. The lowest BCUT2D eigenvalue weighted by Gasteiger charge is -2.33. The van der Waals surface area contributed by atoms with E-state index in [2.05, 4.69) is 19.9 Å². The number of alkyl halides is 3. The average molecular weight is 471 g/mol. The first-order valence-corrected chi connectivity index (χ1v) is 11.6. The van der Waals surface area contributed by atoms with Crippen molar-refractivity contribution < 1.29 is 17.9 Å². The average Bonchev–Trinajstić information content (AvgIpc) is 3.49. The monoisotopic (exact) mass is 471 g/mol. The lowest BCUT2D eigenvalue weighted by Crippen LogP contribution is -2.47. The Hall–Kier alpha value is -3.21. The fourth-order valence-corrected chi connectivity index (χ4v) is 5.14. The number of aromatic amines is 1. The van der Waals surface area contributed by atoms with E-state index in [1.54, 1.807) is 0 Å². The highest BCUT2D eigenvalue weighted by atomic mass is 19.4. The molecule has 1 aromatic carbocycles. The molecule has 178 valence electrons. The summed E-state index contributed by atoms with van der Waals surface area (Å²) in [5.41, 5.74) is 1.64. The van der Waals surface area contributed by atoms with Gasteiger partial charge in [-0.2, -0.15) is 28.1 Å². The molecule has 1 saturated carbocycles. The van der Waals surface area contributed by atoms with Crippen LogP contribution in [0.1, 0.15) is 25.7 Å². The van der Waals surface area contributed by atoms with Gasteiger partial charge in [-0.05, 0) is 25.0 Å². The van der Waals surface area contributed by atoms with Gasteiger partial charge in [0.15, 0.2) is 5.82 Å². The Balaban J connectivity index is 1.52. The van der Waals surface area contributed by atoms with Crippen LogP contribution in [0.25, 0.3) is 22.3 Å². The zero-order valence-electron chi connectivity index (χ0n) is 18.4. The number of benzene rings is 1. The molecule has 1 N–H and O–H groups in total. The van der Waals surface area contributed by atoms with Gasteiger partial charge in [-0.3, -0.25) is 9.89 Å². The molecule has 11 heteroatoms. The van der Waals surface area contributed by atoms with Gasteiger partial charge in [0.1, 0.15) is 0 Å². The summed E-state index contributed by atoms with van der Waals surface area (Å²) < 4.78 is 47.8. The van der Waals surface area contributed by atoms with E-state index >= 15 is 0 Å². The number of hydrogen-bond acceptors (Lipinski definition) is 7. The molecule has 0 spiro atoms. The number of fused-ring (bicyclic) bond motifs is 2. The first kappa shape index (κ1) is 21.3. The third kappa shape index (κ3) is 3.67. The predicted octanol–water partition coefficient (Wildman–Crippen LogP) is 3.95. The normalized spacial score (nSPS) is 23.3. The number of aromatic nitrogens is 4. The van der Waals surface area contributed by atoms with E-state index in [-0.39, 0.29) is 5.95 Å². The highest BCUT2D eigenvalue weighted by Crippen LogP contribution is 2.39. The Morgan fingerprint density at radius 3 is 2.59 bits per heavy atom. The van der Waals surface area contributed by atoms with Crippen LogP contribution in [0.4, 0.5) is 25.1 Å². The van der Waals surface area contributed by atoms with E-state index in [0.29, 0.717) is 50.9 Å². The molecule has 1 saturated heterocycles. The molecule has 2 aliphatic heterocycles. The predicted molar refractivity (Wildman–Crippen MR) is 122 cm³/mol. The van der Waals surface area contributed by atoms with Gasteiger partial charge >= 0.3 is 6.18 Å². The molecule has 0 bridgehead atoms. The summed E-state index contributed by atoms with van der Waals surface area (Å²) in [7, 11) is 0. The number of rotatable bonds is 3. The zero-order chi connectivity index (χ0) is 23.3. The van der Waals surface area contributed by atoms with Crippen molar-refractivity contribution in [3.8, 4) is 11.4 Å². The molecular weight excluding hydrogens is 447 g/mol. The number of halogens is 3. The van der Waals surface area contributed by atoms with Gasteiger partial charge in [0.05, 0.1) is 25.3 Å². The molecule has 8 nitrogen and oxygen atoms in total. The minimum Gasteiger partial charge on any atom is -0.378 e. The maximum atomic E-state index is 14.1. The number of nitrogens with zero attached hydrogens (tertiary/aromatic N) is 6. The van der Waals surface area contributed by atoms with Gasteiger partial charge in [-0.1, -0.05) is 25.0 Å². The highest BCUT2D eigenvalue weighted by Gasteiger charge is 2.51. The Bertz CT molecular complexity index is 1230. The van der Waals surface area contributed by atoms with Crippen LogP contribution in [0.3, 0.4) is 0 Å². The standard InChI is InChI=1S/C23H24F3N7O/c24-23(25,26)20-28-17-5-1-2-7-18(17)33(20)22-30-19(15-4-3-6-16-14(15)8-9-27-16)29-21(31-22)32-10-12-34-13-11-32/h3-4,6,8-9,17-18,27H,1-2,5,7,10-13H2. The Morgan fingerprint density at radius 1 is 0.971 bits per heavy atom. The molecule has 34 heavy (non-hydrogen) atoms. The summed E-state index contributed by atoms with van der Waals surface area (Å²) in [4.78, 5) is 24.3. The van der Waals surface area contributed by atoms with Crippen LogP contribution in [-0.4, -0.2) is 70.3 Å². The van der Waals surface area contributed by atoms with Gasteiger partial charge in [0.25, 0.3) is 0 Å². The van der Waals surface area contributed by atoms with Crippen molar-refractivity contribution >= 4 is 28.6 Å². The van der Waals surface area contributed by atoms with Crippen LogP contribution in [0.5, 0.6) is 0 Å². The third-order valence-electron chi connectivity index (χ3n) is 6.75. The van der Waals surface area contributed by atoms with Crippen LogP contribution in [0.15, 0.2) is 35.5 Å². The van der Waals surface area contributed by atoms with Gasteiger partial charge in [0.2, 0.25) is 17.7 Å². The number of amidine groups is 1. The van der Waals surface area contributed by atoms with Crippen molar-refractivity contribution in [1.82, 2.24) is 19.9 Å². The summed E-state index contributed by atoms with van der Waals surface area (Å²) in [5, 5.41) is 0.897. The Labute approximate surface area is 193 Å². The SMILES string of the molecule is FC(F)(F)C1=NC2CCCCC2N1c1nc(-c2cccc3[nH]ccc23)nc(N2CCOCC2)n1. The highest BCUT2D eigenvalue weighted by molar-refractivity contribution is 6.03.